The minimum atomic E-state index is 0.0204. The Kier molecular flexibility index (Phi) is 3.51. The van der Waals surface area contributed by atoms with E-state index in [1.165, 1.54) is 0 Å². The normalized spacial score (nSPS) is 23.2. The van der Waals surface area contributed by atoms with Crippen molar-refractivity contribution < 1.29 is 4.79 Å². The number of hydrogen-bond donors (Lipinski definition) is 1. The summed E-state index contributed by atoms with van der Waals surface area (Å²) in [7, 11) is 0. The lowest BCUT2D eigenvalue weighted by molar-refractivity contribution is -0.119. The Morgan fingerprint density at radius 3 is 3.06 bits per heavy atom. The first-order valence-electron chi connectivity index (χ1n) is 4.94. The van der Waals surface area contributed by atoms with Crippen LogP contribution < -0.4 is 5.32 Å². The highest BCUT2D eigenvalue weighted by Gasteiger charge is 2.20. The number of aliphatic imine (C=N–C) groups is 1. The van der Waals surface area contributed by atoms with Crippen molar-refractivity contribution in [3.63, 3.8) is 0 Å². The van der Waals surface area contributed by atoms with Gasteiger partial charge in [-0.05, 0) is 18.2 Å². The molecule has 0 bridgehead atoms. The van der Waals surface area contributed by atoms with Gasteiger partial charge in [-0.3, -0.25) is 4.79 Å². The monoisotopic (exact) mass is 254 g/mol. The second kappa shape index (κ2) is 4.89. The van der Waals surface area contributed by atoms with Gasteiger partial charge >= 0.3 is 0 Å². The molecule has 1 atom stereocenters. The fourth-order valence-electron chi connectivity index (χ4n) is 1.41. The standard InChI is InChI=1S/C11H11ClN2OS/c1-7-5-10(15)14-11(16-7)13-9-4-2-3-8(12)6-9/h2-4,6-7H,5H2,1H3,(H,13,14,15). The van der Waals surface area contributed by atoms with E-state index in [1.54, 1.807) is 23.9 Å². The molecule has 1 unspecified atom stereocenters. The number of halogens is 1. The zero-order valence-corrected chi connectivity index (χ0v) is 10.3. The van der Waals surface area contributed by atoms with E-state index in [0.717, 1.165) is 5.69 Å². The average molecular weight is 255 g/mol. The van der Waals surface area contributed by atoms with E-state index >= 15 is 0 Å². The van der Waals surface area contributed by atoms with E-state index in [-0.39, 0.29) is 11.2 Å². The van der Waals surface area contributed by atoms with Gasteiger partial charge in [0.25, 0.3) is 0 Å². The van der Waals surface area contributed by atoms with Gasteiger partial charge in [0.2, 0.25) is 5.91 Å². The number of amides is 1. The fraction of sp³-hybridized carbons (Fsp3) is 0.273. The molecule has 0 aliphatic carbocycles. The van der Waals surface area contributed by atoms with Crippen LogP contribution in [0.3, 0.4) is 0 Å². The van der Waals surface area contributed by atoms with Crippen molar-refractivity contribution in [1.29, 1.82) is 0 Å². The molecular weight excluding hydrogens is 244 g/mol. The Balaban J connectivity index is 2.20. The maximum absolute atomic E-state index is 11.3. The fourth-order valence-corrected chi connectivity index (χ4v) is 2.54. The number of amidine groups is 1. The molecule has 84 valence electrons. The van der Waals surface area contributed by atoms with Crippen LogP contribution in [0.25, 0.3) is 0 Å². The average Bonchev–Trinajstić information content (AvgIpc) is 2.15. The predicted molar refractivity (Wildman–Crippen MR) is 68.4 cm³/mol. The van der Waals surface area contributed by atoms with Crippen LogP contribution in [0.4, 0.5) is 5.69 Å². The van der Waals surface area contributed by atoms with Gasteiger partial charge in [0.15, 0.2) is 5.17 Å². The smallest absolute Gasteiger partial charge is 0.227 e. The van der Waals surface area contributed by atoms with Crippen molar-refractivity contribution in [1.82, 2.24) is 5.32 Å². The summed E-state index contributed by atoms with van der Waals surface area (Å²) >= 11 is 7.42. The summed E-state index contributed by atoms with van der Waals surface area (Å²) in [6, 6.07) is 7.24. The summed E-state index contributed by atoms with van der Waals surface area (Å²) in [5, 5.41) is 4.30. The molecular formula is C11H11ClN2OS. The highest BCUT2D eigenvalue weighted by atomic mass is 35.5. The van der Waals surface area contributed by atoms with E-state index in [2.05, 4.69) is 10.3 Å². The van der Waals surface area contributed by atoms with Gasteiger partial charge in [0.1, 0.15) is 0 Å². The van der Waals surface area contributed by atoms with Crippen LogP contribution >= 0.6 is 23.4 Å². The lowest BCUT2D eigenvalue weighted by Gasteiger charge is -2.19. The van der Waals surface area contributed by atoms with E-state index in [4.69, 9.17) is 11.6 Å². The quantitative estimate of drug-likeness (QED) is 0.837. The maximum atomic E-state index is 11.3. The Bertz CT molecular complexity index is 447. The van der Waals surface area contributed by atoms with Crippen molar-refractivity contribution in [3.05, 3.63) is 29.3 Å². The van der Waals surface area contributed by atoms with Gasteiger partial charge in [-0.2, -0.15) is 0 Å². The third kappa shape index (κ3) is 3.00. The Morgan fingerprint density at radius 1 is 1.56 bits per heavy atom. The van der Waals surface area contributed by atoms with Crippen LogP contribution in [0.2, 0.25) is 5.02 Å². The number of rotatable bonds is 1. The molecule has 0 aromatic heterocycles. The zero-order chi connectivity index (χ0) is 11.5. The molecule has 2 rings (SSSR count). The van der Waals surface area contributed by atoms with E-state index < -0.39 is 0 Å². The molecule has 16 heavy (non-hydrogen) atoms. The Morgan fingerprint density at radius 2 is 2.38 bits per heavy atom. The van der Waals surface area contributed by atoms with Crippen molar-refractivity contribution in [3.8, 4) is 0 Å². The van der Waals surface area contributed by atoms with Crippen molar-refractivity contribution in [2.75, 3.05) is 0 Å². The number of nitrogens with one attached hydrogen (secondary N) is 1. The first-order valence-corrected chi connectivity index (χ1v) is 6.20. The molecule has 0 spiro atoms. The molecule has 3 nitrogen and oxygen atoms in total. The lowest BCUT2D eigenvalue weighted by atomic mass is 10.3. The number of nitrogens with zero attached hydrogens (tertiary/aromatic N) is 1. The largest absolute Gasteiger partial charge is 0.305 e. The molecule has 1 amide bonds. The summed E-state index contributed by atoms with van der Waals surface area (Å²) in [6.45, 7) is 2.01. The molecule has 5 heteroatoms. The topological polar surface area (TPSA) is 41.5 Å². The van der Waals surface area contributed by atoms with Crippen LogP contribution in [0.15, 0.2) is 29.3 Å². The highest BCUT2D eigenvalue weighted by Crippen LogP contribution is 2.24. The molecule has 0 radical (unpaired) electrons. The number of thioether (sulfide) groups is 1. The van der Waals surface area contributed by atoms with Gasteiger partial charge < -0.3 is 5.32 Å². The number of carbonyl (C=O) groups excluding carboxylic acids is 1. The second-order valence-electron chi connectivity index (χ2n) is 3.58. The van der Waals surface area contributed by atoms with Crippen molar-refractivity contribution in [2.24, 2.45) is 4.99 Å². The predicted octanol–water partition coefficient (Wildman–Crippen LogP) is 2.97. The van der Waals surface area contributed by atoms with Gasteiger partial charge in [-0.15, -0.1) is 0 Å². The second-order valence-corrected chi connectivity index (χ2v) is 5.44. The third-order valence-corrected chi connectivity index (χ3v) is 3.29. The molecule has 0 saturated carbocycles. The van der Waals surface area contributed by atoms with Crippen LogP contribution in [0.5, 0.6) is 0 Å². The summed E-state index contributed by atoms with van der Waals surface area (Å²) in [6.07, 6.45) is 0.541. The molecule has 1 aromatic rings. The van der Waals surface area contributed by atoms with Crippen LogP contribution in [-0.2, 0) is 4.79 Å². The molecule has 1 fully saturated rings. The van der Waals surface area contributed by atoms with E-state index in [9.17, 15) is 4.79 Å². The maximum Gasteiger partial charge on any atom is 0.227 e. The number of benzene rings is 1. The summed E-state index contributed by atoms with van der Waals surface area (Å²) in [4.78, 5) is 15.7. The van der Waals surface area contributed by atoms with Gasteiger partial charge in [0, 0.05) is 16.7 Å². The van der Waals surface area contributed by atoms with Crippen molar-refractivity contribution >= 4 is 40.1 Å². The van der Waals surface area contributed by atoms with Crippen molar-refractivity contribution in [2.45, 2.75) is 18.6 Å². The first kappa shape index (κ1) is 11.5. The summed E-state index contributed by atoms with van der Waals surface area (Å²) in [5.41, 5.74) is 0.754. The van der Waals surface area contributed by atoms with Gasteiger partial charge in [-0.1, -0.05) is 36.4 Å². The lowest BCUT2D eigenvalue weighted by Crippen LogP contribution is -2.36. The molecule has 1 heterocycles. The molecule has 1 saturated heterocycles. The SMILES string of the molecule is CC1CC(=O)NC(=Nc2cccc(Cl)c2)S1. The zero-order valence-electron chi connectivity index (χ0n) is 8.74. The third-order valence-electron chi connectivity index (χ3n) is 2.07. The van der Waals surface area contributed by atoms with Gasteiger partial charge in [-0.25, -0.2) is 4.99 Å². The van der Waals surface area contributed by atoms with Crippen LogP contribution in [-0.4, -0.2) is 16.3 Å². The number of carbonyl (C=O) groups is 1. The summed E-state index contributed by atoms with van der Waals surface area (Å²) < 4.78 is 0. The highest BCUT2D eigenvalue weighted by molar-refractivity contribution is 8.14. The number of hydrogen-bond acceptors (Lipinski definition) is 3. The Labute approximate surface area is 103 Å². The van der Waals surface area contributed by atoms with Crippen LogP contribution in [0.1, 0.15) is 13.3 Å². The molecule has 1 aliphatic rings. The van der Waals surface area contributed by atoms with E-state index in [0.29, 0.717) is 16.6 Å². The van der Waals surface area contributed by atoms with Crippen LogP contribution in [0, 0.1) is 0 Å². The van der Waals surface area contributed by atoms with E-state index in [1.807, 2.05) is 19.1 Å². The summed E-state index contributed by atoms with van der Waals surface area (Å²) in [5.74, 6) is 0.0204. The van der Waals surface area contributed by atoms with Gasteiger partial charge in [0.05, 0.1) is 5.69 Å². The molecule has 1 aliphatic heterocycles. The first-order chi connectivity index (χ1) is 7.63. The molecule has 1 aromatic carbocycles. The molecule has 1 N–H and O–H groups in total. The minimum absolute atomic E-state index is 0.0204. The minimum Gasteiger partial charge on any atom is -0.305 e. The Hall–Kier alpha value is -1.000.